The van der Waals surface area contributed by atoms with Gasteiger partial charge in [0.15, 0.2) is 0 Å². The van der Waals surface area contributed by atoms with Gasteiger partial charge >= 0.3 is 6.03 Å². The molecule has 1 aliphatic rings. The maximum atomic E-state index is 11.2. The van der Waals surface area contributed by atoms with Crippen LogP contribution < -0.4 is 16.8 Å². The van der Waals surface area contributed by atoms with Crippen molar-refractivity contribution < 1.29 is 9.59 Å². The summed E-state index contributed by atoms with van der Waals surface area (Å²) in [5.41, 5.74) is 10.7. The smallest absolute Gasteiger partial charge is 0.318 e. The van der Waals surface area contributed by atoms with Crippen molar-refractivity contribution in [3.8, 4) is 0 Å². The number of hydrogen-bond donors (Lipinski definition) is 3. The second-order valence-electron chi connectivity index (χ2n) is 4.08. The van der Waals surface area contributed by atoms with Crippen LogP contribution >= 0.6 is 0 Å². The van der Waals surface area contributed by atoms with E-state index in [1.54, 1.807) is 0 Å². The number of nitrogens with one attached hydrogen (secondary N) is 1. The first-order chi connectivity index (χ1) is 6.99. The van der Waals surface area contributed by atoms with Crippen molar-refractivity contribution in [2.24, 2.45) is 17.4 Å². The van der Waals surface area contributed by atoms with Crippen molar-refractivity contribution in [2.75, 3.05) is 19.6 Å². The molecule has 15 heavy (non-hydrogen) atoms. The predicted octanol–water partition coefficient (Wildman–Crippen LogP) is -1.15. The third kappa shape index (κ3) is 3.85. The van der Waals surface area contributed by atoms with Crippen LogP contribution in [0.3, 0.4) is 0 Å². The number of nitrogens with zero attached hydrogens (tertiary/aromatic N) is 1. The number of carbonyl (C=O) groups is 2. The van der Waals surface area contributed by atoms with Crippen LogP contribution in [-0.2, 0) is 4.79 Å². The van der Waals surface area contributed by atoms with Crippen LogP contribution in [0.4, 0.5) is 4.79 Å². The average molecular weight is 214 g/mol. The van der Waals surface area contributed by atoms with Crippen molar-refractivity contribution in [3.05, 3.63) is 0 Å². The number of hydrogen-bond acceptors (Lipinski definition) is 4. The molecule has 1 rings (SSSR count). The molecule has 2 atom stereocenters. The van der Waals surface area contributed by atoms with E-state index < -0.39 is 6.03 Å². The Balaban J connectivity index is 2.33. The normalized spacial score (nSPS) is 27.3. The minimum absolute atomic E-state index is 0.208. The van der Waals surface area contributed by atoms with Crippen LogP contribution in [-0.4, -0.2) is 42.5 Å². The summed E-state index contributed by atoms with van der Waals surface area (Å²) in [5.74, 6) is 0.0188. The van der Waals surface area contributed by atoms with Gasteiger partial charge in [-0.05, 0) is 12.3 Å². The number of piperidine rings is 1. The zero-order chi connectivity index (χ0) is 11.4. The Morgan fingerprint density at radius 2 is 2.20 bits per heavy atom. The Bertz CT molecular complexity index is 256. The van der Waals surface area contributed by atoms with Gasteiger partial charge in [-0.2, -0.15) is 0 Å². The van der Waals surface area contributed by atoms with Crippen molar-refractivity contribution in [2.45, 2.75) is 19.4 Å². The fourth-order valence-electron chi connectivity index (χ4n) is 1.77. The molecule has 1 heterocycles. The van der Waals surface area contributed by atoms with Gasteiger partial charge in [0, 0.05) is 19.1 Å². The van der Waals surface area contributed by atoms with Crippen LogP contribution in [0.25, 0.3) is 0 Å². The lowest BCUT2D eigenvalue weighted by Crippen LogP contribution is -2.50. The molecule has 86 valence electrons. The fraction of sp³-hybridized carbons (Fsp3) is 0.778. The molecule has 1 saturated heterocycles. The van der Waals surface area contributed by atoms with E-state index in [2.05, 4.69) is 6.92 Å². The van der Waals surface area contributed by atoms with E-state index in [9.17, 15) is 9.59 Å². The largest absolute Gasteiger partial charge is 0.351 e. The molecule has 6 nitrogen and oxygen atoms in total. The van der Waals surface area contributed by atoms with Gasteiger partial charge in [-0.1, -0.05) is 6.92 Å². The molecule has 0 radical (unpaired) electrons. The Labute approximate surface area is 89.0 Å². The zero-order valence-corrected chi connectivity index (χ0v) is 8.90. The molecule has 5 N–H and O–H groups in total. The highest BCUT2D eigenvalue weighted by Gasteiger charge is 2.24. The van der Waals surface area contributed by atoms with Crippen molar-refractivity contribution >= 4 is 11.9 Å². The molecular weight excluding hydrogens is 196 g/mol. The van der Waals surface area contributed by atoms with Gasteiger partial charge in [0.05, 0.1) is 6.54 Å². The topological polar surface area (TPSA) is 101 Å². The summed E-state index contributed by atoms with van der Waals surface area (Å²) < 4.78 is 0. The number of imide groups is 1. The Kier molecular flexibility index (Phi) is 4.05. The number of urea groups is 1. The van der Waals surface area contributed by atoms with E-state index in [4.69, 9.17) is 11.5 Å². The Morgan fingerprint density at radius 1 is 1.53 bits per heavy atom. The van der Waals surface area contributed by atoms with Crippen LogP contribution in [0.15, 0.2) is 0 Å². The molecule has 1 fully saturated rings. The molecule has 0 aromatic carbocycles. The van der Waals surface area contributed by atoms with Gasteiger partial charge in [-0.25, -0.2) is 4.79 Å². The number of primary amides is 1. The van der Waals surface area contributed by atoms with Crippen molar-refractivity contribution in [3.63, 3.8) is 0 Å². The monoisotopic (exact) mass is 214 g/mol. The first kappa shape index (κ1) is 11.9. The first-order valence-corrected chi connectivity index (χ1v) is 5.06. The zero-order valence-electron chi connectivity index (χ0n) is 8.90. The minimum Gasteiger partial charge on any atom is -0.351 e. The molecule has 6 heteroatoms. The van der Waals surface area contributed by atoms with E-state index in [0.29, 0.717) is 5.92 Å². The summed E-state index contributed by atoms with van der Waals surface area (Å²) in [7, 11) is 0. The molecule has 0 aromatic rings. The Hall–Kier alpha value is -1.14. The number of amides is 3. The molecule has 0 aromatic heterocycles. The summed E-state index contributed by atoms with van der Waals surface area (Å²) in [4.78, 5) is 23.6. The van der Waals surface area contributed by atoms with E-state index >= 15 is 0 Å². The second kappa shape index (κ2) is 5.09. The third-order valence-corrected chi connectivity index (χ3v) is 2.69. The van der Waals surface area contributed by atoms with E-state index in [1.165, 1.54) is 0 Å². The lowest BCUT2D eigenvalue weighted by Gasteiger charge is -2.34. The lowest BCUT2D eigenvalue weighted by atomic mass is 9.95. The predicted molar refractivity (Wildman–Crippen MR) is 55.9 cm³/mol. The van der Waals surface area contributed by atoms with Gasteiger partial charge in [-0.15, -0.1) is 0 Å². The van der Waals surface area contributed by atoms with Crippen molar-refractivity contribution in [1.82, 2.24) is 10.2 Å². The summed E-state index contributed by atoms with van der Waals surface area (Å²) in [5, 5.41) is 2.04. The maximum Gasteiger partial charge on any atom is 0.318 e. The number of nitrogens with two attached hydrogens (primary N) is 2. The molecular formula is C9H18N4O2. The van der Waals surface area contributed by atoms with E-state index in [-0.39, 0.29) is 18.5 Å². The quantitative estimate of drug-likeness (QED) is 0.540. The van der Waals surface area contributed by atoms with Crippen LogP contribution in [0.1, 0.15) is 13.3 Å². The molecule has 0 spiro atoms. The Morgan fingerprint density at radius 3 is 2.73 bits per heavy atom. The highest BCUT2D eigenvalue weighted by molar-refractivity contribution is 5.94. The van der Waals surface area contributed by atoms with Crippen LogP contribution in [0.5, 0.6) is 0 Å². The van der Waals surface area contributed by atoms with E-state index in [0.717, 1.165) is 19.5 Å². The van der Waals surface area contributed by atoms with Gasteiger partial charge in [-0.3, -0.25) is 15.0 Å². The third-order valence-electron chi connectivity index (χ3n) is 2.69. The summed E-state index contributed by atoms with van der Waals surface area (Å²) in [6.45, 7) is 3.84. The molecule has 2 unspecified atom stereocenters. The van der Waals surface area contributed by atoms with Gasteiger partial charge in [0.1, 0.15) is 0 Å². The second-order valence-corrected chi connectivity index (χ2v) is 4.08. The molecule has 0 aliphatic carbocycles. The average Bonchev–Trinajstić information content (AvgIpc) is 2.10. The molecule has 1 aliphatic heterocycles. The fourth-order valence-corrected chi connectivity index (χ4v) is 1.77. The molecule has 3 amide bonds. The SMILES string of the molecule is CC1CN(CC(=O)NC(N)=O)CCC1N. The highest BCUT2D eigenvalue weighted by Crippen LogP contribution is 2.13. The first-order valence-electron chi connectivity index (χ1n) is 5.06. The van der Waals surface area contributed by atoms with Crippen LogP contribution in [0.2, 0.25) is 0 Å². The molecule has 0 bridgehead atoms. The van der Waals surface area contributed by atoms with Crippen molar-refractivity contribution in [1.29, 1.82) is 0 Å². The summed E-state index contributed by atoms with van der Waals surface area (Å²) >= 11 is 0. The standard InChI is InChI=1S/C9H18N4O2/c1-6-4-13(3-2-7(6)10)5-8(14)12-9(11)15/h6-7H,2-5,10H2,1H3,(H3,11,12,14,15). The van der Waals surface area contributed by atoms with Gasteiger partial charge in [0.2, 0.25) is 5.91 Å². The highest BCUT2D eigenvalue weighted by atomic mass is 16.2. The number of likely N-dealkylation sites (tertiary alicyclic amines) is 1. The van der Waals surface area contributed by atoms with Gasteiger partial charge < -0.3 is 11.5 Å². The lowest BCUT2D eigenvalue weighted by molar-refractivity contribution is -0.121. The summed E-state index contributed by atoms with van der Waals surface area (Å²) in [6.07, 6.45) is 0.880. The summed E-state index contributed by atoms with van der Waals surface area (Å²) in [6, 6.07) is -0.595. The van der Waals surface area contributed by atoms with Crippen LogP contribution in [0, 0.1) is 5.92 Å². The molecule has 0 saturated carbocycles. The van der Waals surface area contributed by atoms with E-state index in [1.807, 2.05) is 10.2 Å². The number of rotatable bonds is 2. The number of carbonyl (C=O) groups excluding carboxylic acids is 2. The maximum absolute atomic E-state index is 11.2. The minimum atomic E-state index is -0.804. The van der Waals surface area contributed by atoms with Gasteiger partial charge in [0.25, 0.3) is 0 Å².